The molecule has 3 nitrogen and oxygen atoms in total. The minimum absolute atomic E-state index is 0.0354. The van der Waals surface area contributed by atoms with Crippen molar-refractivity contribution in [3.05, 3.63) is 29.6 Å². The number of Topliss-reactive ketones (excluding diaryl/α,β-unsaturated/α-hetero) is 1. The summed E-state index contributed by atoms with van der Waals surface area (Å²) in [5.41, 5.74) is 0.264. The average Bonchev–Trinajstić information content (AvgIpc) is 2.27. The molecule has 100 valence electrons. The van der Waals surface area contributed by atoms with Gasteiger partial charge in [0.1, 0.15) is 11.6 Å². The van der Waals surface area contributed by atoms with Gasteiger partial charge in [-0.05, 0) is 39.0 Å². The van der Waals surface area contributed by atoms with Crippen LogP contribution in [-0.4, -0.2) is 25.0 Å². The number of rotatable bonds is 5. The van der Waals surface area contributed by atoms with E-state index in [0.717, 1.165) is 0 Å². The first-order chi connectivity index (χ1) is 8.33. The highest BCUT2D eigenvalue weighted by molar-refractivity contribution is 5.98. The van der Waals surface area contributed by atoms with Crippen molar-refractivity contribution in [2.45, 2.75) is 32.7 Å². The third kappa shape index (κ3) is 4.45. The van der Waals surface area contributed by atoms with Gasteiger partial charge in [0, 0.05) is 18.5 Å². The summed E-state index contributed by atoms with van der Waals surface area (Å²) in [6.45, 7) is 6.64. The smallest absolute Gasteiger partial charge is 0.167 e. The van der Waals surface area contributed by atoms with E-state index in [1.807, 2.05) is 20.8 Å². The molecular weight excluding hydrogens is 233 g/mol. The van der Waals surface area contributed by atoms with Crippen molar-refractivity contribution < 1.29 is 13.9 Å². The summed E-state index contributed by atoms with van der Waals surface area (Å²) in [7, 11) is 1.47. The first-order valence-corrected chi connectivity index (χ1v) is 5.95. The maximum atomic E-state index is 13.1. The Labute approximate surface area is 107 Å². The number of benzene rings is 1. The van der Waals surface area contributed by atoms with Crippen molar-refractivity contribution in [3.8, 4) is 5.75 Å². The van der Waals surface area contributed by atoms with Crippen LogP contribution in [0, 0.1) is 5.82 Å². The number of carbonyl (C=O) groups is 1. The molecule has 4 heteroatoms. The lowest BCUT2D eigenvalue weighted by Crippen LogP contribution is -2.37. The predicted octanol–water partition coefficient (Wildman–Crippen LogP) is 2.80. The standard InChI is InChI=1S/C14H20FNO2/c1-14(2,3)16-8-7-12(17)11-9-10(15)5-6-13(11)18-4/h5-6,9,16H,7-8H2,1-4H3. The number of nitrogens with one attached hydrogen (secondary N) is 1. The van der Waals surface area contributed by atoms with Gasteiger partial charge in [-0.15, -0.1) is 0 Å². The zero-order valence-electron chi connectivity index (χ0n) is 11.3. The predicted molar refractivity (Wildman–Crippen MR) is 69.7 cm³/mol. The minimum Gasteiger partial charge on any atom is -0.496 e. The molecule has 18 heavy (non-hydrogen) atoms. The van der Waals surface area contributed by atoms with Gasteiger partial charge < -0.3 is 10.1 Å². The Kier molecular flexibility index (Phi) is 4.84. The van der Waals surface area contributed by atoms with Crippen molar-refractivity contribution >= 4 is 5.78 Å². The number of ether oxygens (including phenoxy) is 1. The highest BCUT2D eigenvalue weighted by Gasteiger charge is 2.15. The summed E-state index contributed by atoms with van der Waals surface area (Å²) in [5, 5.41) is 3.22. The number of hydrogen-bond donors (Lipinski definition) is 1. The first-order valence-electron chi connectivity index (χ1n) is 5.95. The fourth-order valence-corrected chi connectivity index (χ4v) is 1.58. The fourth-order valence-electron chi connectivity index (χ4n) is 1.58. The van der Waals surface area contributed by atoms with E-state index in [1.165, 1.54) is 25.3 Å². The lowest BCUT2D eigenvalue weighted by atomic mass is 10.1. The second kappa shape index (κ2) is 5.96. The van der Waals surface area contributed by atoms with Gasteiger partial charge in [-0.1, -0.05) is 0 Å². The molecule has 0 aliphatic rings. The zero-order chi connectivity index (χ0) is 13.8. The quantitative estimate of drug-likeness (QED) is 0.820. The van der Waals surface area contributed by atoms with Crippen molar-refractivity contribution in [2.24, 2.45) is 0 Å². The molecule has 0 heterocycles. The van der Waals surface area contributed by atoms with E-state index in [-0.39, 0.29) is 11.3 Å². The van der Waals surface area contributed by atoms with Crippen LogP contribution in [0.15, 0.2) is 18.2 Å². The van der Waals surface area contributed by atoms with Gasteiger partial charge in [0.2, 0.25) is 0 Å². The zero-order valence-corrected chi connectivity index (χ0v) is 11.3. The summed E-state index contributed by atoms with van der Waals surface area (Å²) < 4.78 is 18.2. The summed E-state index contributed by atoms with van der Waals surface area (Å²) in [5.74, 6) is -0.136. The van der Waals surface area contributed by atoms with Gasteiger partial charge in [-0.2, -0.15) is 0 Å². The van der Waals surface area contributed by atoms with Gasteiger partial charge >= 0.3 is 0 Å². The van der Waals surface area contributed by atoms with Crippen LogP contribution in [0.25, 0.3) is 0 Å². The van der Waals surface area contributed by atoms with E-state index in [4.69, 9.17) is 4.74 Å². The molecule has 0 spiro atoms. The van der Waals surface area contributed by atoms with E-state index in [0.29, 0.717) is 24.3 Å². The summed E-state index contributed by atoms with van der Waals surface area (Å²) in [4.78, 5) is 12.0. The molecular formula is C14H20FNO2. The van der Waals surface area contributed by atoms with Crippen molar-refractivity contribution in [1.29, 1.82) is 0 Å². The molecule has 0 saturated heterocycles. The Morgan fingerprint density at radius 2 is 2.06 bits per heavy atom. The lowest BCUT2D eigenvalue weighted by molar-refractivity contribution is 0.0977. The molecule has 1 N–H and O–H groups in total. The topological polar surface area (TPSA) is 38.3 Å². The van der Waals surface area contributed by atoms with Crippen LogP contribution in [0.3, 0.4) is 0 Å². The van der Waals surface area contributed by atoms with E-state index < -0.39 is 5.82 Å². The van der Waals surface area contributed by atoms with Crippen LogP contribution < -0.4 is 10.1 Å². The molecule has 0 aliphatic heterocycles. The molecule has 0 radical (unpaired) electrons. The fraction of sp³-hybridized carbons (Fsp3) is 0.500. The number of halogens is 1. The third-order valence-corrected chi connectivity index (χ3v) is 2.47. The largest absolute Gasteiger partial charge is 0.496 e. The van der Waals surface area contributed by atoms with Crippen LogP contribution >= 0.6 is 0 Å². The Morgan fingerprint density at radius 3 is 2.61 bits per heavy atom. The Bertz CT molecular complexity index is 424. The van der Waals surface area contributed by atoms with Crippen molar-refractivity contribution in [2.75, 3.05) is 13.7 Å². The third-order valence-electron chi connectivity index (χ3n) is 2.47. The Hall–Kier alpha value is -1.42. The van der Waals surface area contributed by atoms with Gasteiger partial charge in [-0.25, -0.2) is 4.39 Å². The molecule has 1 rings (SSSR count). The maximum absolute atomic E-state index is 13.1. The molecule has 0 unspecified atom stereocenters. The SMILES string of the molecule is COc1ccc(F)cc1C(=O)CCNC(C)(C)C. The number of hydrogen-bond acceptors (Lipinski definition) is 3. The van der Waals surface area contributed by atoms with Crippen molar-refractivity contribution in [1.82, 2.24) is 5.32 Å². The Morgan fingerprint density at radius 1 is 1.39 bits per heavy atom. The maximum Gasteiger partial charge on any atom is 0.167 e. The normalized spacial score (nSPS) is 11.4. The van der Waals surface area contributed by atoms with Gasteiger partial charge in [0.05, 0.1) is 12.7 Å². The molecule has 0 atom stereocenters. The molecule has 0 amide bonds. The van der Waals surface area contributed by atoms with E-state index in [2.05, 4.69) is 5.32 Å². The van der Waals surface area contributed by atoms with Crippen LogP contribution in [-0.2, 0) is 0 Å². The van der Waals surface area contributed by atoms with E-state index >= 15 is 0 Å². The van der Waals surface area contributed by atoms with E-state index in [1.54, 1.807) is 0 Å². The highest BCUT2D eigenvalue weighted by atomic mass is 19.1. The average molecular weight is 253 g/mol. The summed E-state index contributed by atoms with van der Waals surface area (Å²) in [6, 6.07) is 3.97. The monoisotopic (exact) mass is 253 g/mol. The summed E-state index contributed by atoms with van der Waals surface area (Å²) in [6.07, 6.45) is 0.317. The number of ketones is 1. The summed E-state index contributed by atoms with van der Waals surface area (Å²) >= 11 is 0. The molecule has 0 bridgehead atoms. The number of methoxy groups -OCH3 is 1. The van der Waals surface area contributed by atoms with Crippen LogP contribution in [0.1, 0.15) is 37.6 Å². The van der Waals surface area contributed by atoms with E-state index in [9.17, 15) is 9.18 Å². The van der Waals surface area contributed by atoms with Gasteiger partial charge in [-0.3, -0.25) is 4.79 Å². The molecule has 0 saturated carbocycles. The minimum atomic E-state index is -0.428. The molecule has 1 aromatic rings. The van der Waals surface area contributed by atoms with Crippen LogP contribution in [0.5, 0.6) is 5.75 Å². The molecule has 0 fully saturated rings. The highest BCUT2D eigenvalue weighted by Crippen LogP contribution is 2.20. The first kappa shape index (κ1) is 14.6. The second-order valence-electron chi connectivity index (χ2n) is 5.19. The van der Waals surface area contributed by atoms with Gasteiger partial charge in [0.15, 0.2) is 5.78 Å². The van der Waals surface area contributed by atoms with Crippen molar-refractivity contribution in [3.63, 3.8) is 0 Å². The number of carbonyl (C=O) groups excluding carboxylic acids is 1. The lowest BCUT2D eigenvalue weighted by Gasteiger charge is -2.20. The van der Waals surface area contributed by atoms with Gasteiger partial charge in [0.25, 0.3) is 0 Å². The van der Waals surface area contributed by atoms with Crippen LogP contribution in [0.4, 0.5) is 4.39 Å². The molecule has 0 aliphatic carbocycles. The molecule has 0 aromatic heterocycles. The Balaban J connectivity index is 2.69. The molecule has 1 aromatic carbocycles. The second-order valence-corrected chi connectivity index (χ2v) is 5.19. The van der Waals surface area contributed by atoms with Crippen LogP contribution in [0.2, 0.25) is 0 Å².